The Kier molecular flexibility index (Phi) is 8.71. The molecule has 41 heavy (non-hydrogen) atoms. The topological polar surface area (TPSA) is 114 Å². The van der Waals surface area contributed by atoms with Gasteiger partial charge in [-0.1, -0.05) is 6.92 Å². The van der Waals surface area contributed by atoms with Gasteiger partial charge in [0.05, 0.1) is 11.8 Å². The maximum atomic E-state index is 15.6. The number of anilines is 3. The van der Waals surface area contributed by atoms with Gasteiger partial charge < -0.3 is 19.8 Å². The number of amides is 2. The summed E-state index contributed by atoms with van der Waals surface area (Å²) in [5.41, 5.74) is -1.92. The smallest absolute Gasteiger partial charge is 0.272 e. The number of carbonyl (C=O) groups excluding carboxylic acids is 2. The molecule has 0 bridgehead atoms. The largest absolute Gasteiger partial charge is 0.490 e. The van der Waals surface area contributed by atoms with Crippen LogP contribution in [-0.4, -0.2) is 27.9 Å². The highest BCUT2D eigenvalue weighted by atomic mass is 19.1. The van der Waals surface area contributed by atoms with Gasteiger partial charge in [0.1, 0.15) is 28.7 Å². The van der Waals surface area contributed by atoms with E-state index in [1.165, 1.54) is 42.7 Å². The maximum Gasteiger partial charge on any atom is 0.272 e. The summed E-state index contributed by atoms with van der Waals surface area (Å²) in [5, 5.41) is 2.53. The molecule has 2 aromatic heterocycles. The van der Waals surface area contributed by atoms with Crippen molar-refractivity contribution < 1.29 is 32.2 Å². The second-order valence-corrected chi connectivity index (χ2v) is 8.94. The van der Waals surface area contributed by atoms with Crippen LogP contribution in [0.15, 0.2) is 71.8 Å². The first kappa shape index (κ1) is 28.9. The monoisotopic (exact) mass is 566 g/mol. The van der Waals surface area contributed by atoms with Crippen LogP contribution in [0.2, 0.25) is 0 Å². The van der Waals surface area contributed by atoms with Crippen molar-refractivity contribution in [1.29, 1.82) is 0 Å². The van der Waals surface area contributed by atoms with E-state index >= 15 is 8.78 Å². The first-order valence-electron chi connectivity index (χ1n) is 12.5. The van der Waals surface area contributed by atoms with Crippen molar-refractivity contribution in [1.82, 2.24) is 9.97 Å². The van der Waals surface area contributed by atoms with Gasteiger partial charge in [-0.25, -0.2) is 18.2 Å². The zero-order chi connectivity index (χ0) is 29.7. The van der Waals surface area contributed by atoms with Gasteiger partial charge in [-0.2, -0.15) is 0 Å². The predicted octanol–water partition coefficient (Wildman–Crippen LogP) is 6.09. The third-order valence-electron chi connectivity index (χ3n) is 5.58. The van der Waals surface area contributed by atoms with Crippen molar-refractivity contribution in [2.45, 2.75) is 33.3 Å². The molecular weight excluding hydrogens is 541 g/mol. The summed E-state index contributed by atoms with van der Waals surface area (Å²) in [6, 6.07) is 9.91. The molecule has 0 aliphatic carbocycles. The zero-order valence-electron chi connectivity index (χ0n) is 22.2. The number of aromatic nitrogens is 2. The lowest BCUT2D eigenvalue weighted by Crippen LogP contribution is -2.33. The second-order valence-electron chi connectivity index (χ2n) is 8.94. The average Bonchev–Trinajstić information content (AvgIpc) is 2.92. The molecule has 0 unspecified atom stereocenters. The number of nitrogens with one attached hydrogen (secondary N) is 2. The maximum absolute atomic E-state index is 15.6. The molecule has 0 spiro atoms. The average molecular weight is 567 g/mol. The summed E-state index contributed by atoms with van der Waals surface area (Å²) in [4.78, 5) is 45.3. The highest BCUT2D eigenvalue weighted by Gasteiger charge is 2.29. The quantitative estimate of drug-likeness (QED) is 0.253. The fraction of sp³-hybridized carbons (Fsp3) is 0.172. The van der Waals surface area contributed by atoms with Crippen molar-refractivity contribution in [3.63, 3.8) is 0 Å². The SMILES string of the molecule is CCC(=O)Nc1cc(Oc2cc(F)c(N(C(=O)c3c(OC(C)C)cc[nH]c3=O)c3ccc(F)cc3)cc2F)ccn1. The summed E-state index contributed by atoms with van der Waals surface area (Å²) in [6.07, 6.45) is 2.38. The van der Waals surface area contributed by atoms with Crippen LogP contribution in [0.5, 0.6) is 17.2 Å². The van der Waals surface area contributed by atoms with Crippen molar-refractivity contribution in [3.05, 3.63) is 100 Å². The minimum Gasteiger partial charge on any atom is -0.490 e. The highest BCUT2D eigenvalue weighted by molar-refractivity contribution is 6.12. The summed E-state index contributed by atoms with van der Waals surface area (Å²) < 4.78 is 55.8. The lowest BCUT2D eigenvalue weighted by Gasteiger charge is -2.25. The Balaban J connectivity index is 1.77. The lowest BCUT2D eigenvalue weighted by molar-refractivity contribution is -0.115. The van der Waals surface area contributed by atoms with Crippen LogP contribution in [0.25, 0.3) is 0 Å². The van der Waals surface area contributed by atoms with Gasteiger partial charge in [-0.15, -0.1) is 0 Å². The second kappa shape index (κ2) is 12.4. The Morgan fingerprint density at radius 2 is 1.73 bits per heavy atom. The number of hydrogen-bond donors (Lipinski definition) is 2. The molecule has 0 atom stereocenters. The van der Waals surface area contributed by atoms with Gasteiger partial charge in [0, 0.05) is 42.7 Å². The number of hydrogen-bond acceptors (Lipinski definition) is 6. The van der Waals surface area contributed by atoms with E-state index in [9.17, 15) is 18.8 Å². The van der Waals surface area contributed by atoms with Gasteiger partial charge in [-0.3, -0.25) is 19.3 Å². The van der Waals surface area contributed by atoms with E-state index in [-0.39, 0.29) is 35.3 Å². The Morgan fingerprint density at radius 1 is 1.00 bits per heavy atom. The Bertz CT molecular complexity index is 1640. The molecule has 2 N–H and O–H groups in total. The Morgan fingerprint density at radius 3 is 2.41 bits per heavy atom. The molecule has 0 radical (unpaired) electrons. The molecule has 0 aliphatic rings. The molecule has 212 valence electrons. The van der Waals surface area contributed by atoms with E-state index in [1.54, 1.807) is 20.8 Å². The third kappa shape index (κ3) is 6.72. The third-order valence-corrected chi connectivity index (χ3v) is 5.58. The summed E-state index contributed by atoms with van der Waals surface area (Å²) >= 11 is 0. The summed E-state index contributed by atoms with van der Waals surface area (Å²) in [6.45, 7) is 5.02. The number of H-pyrrole nitrogens is 1. The number of aromatic amines is 1. The Labute approximate surface area is 232 Å². The van der Waals surface area contributed by atoms with Gasteiger partial charge in [0.25, 0.3) is 11.5 Å². The van der Waals surface area contributed by atoms with Crippen LogP contribution in [0, 0.1) is 17.5 Å². The zero-order valence-corrected chi connectivity index (χ0v) is 22.2. The molecule has 0 aliphatic heterocycles. The van der Waals surface area contributed by atoms with Crippen molar-refractivity contribution in [2.75, 3.05) is 10.2 Å². The molecule has 2 heterocycles. The van der Waals surface area contributed by atoms with E-state index in [4.69, 9.17) is 9.47 Å². The molecule has 4 rings (SSSR count). The molecule has 12 heteroatoms. The highest BCUT2D eigenvalue weighted by Crippen LogP contribution is 2.36. The van der Waals surface area contributed by atoms with Gasteiger partial charge in [0.2, 0.25) is 5.91 Å². The normalized spacial score (nSPS) is 10.8. The van der Waals surface area contributed by atoms with Gasteiger partial charge in [0.15, 0.2) is 17.4 Å². The number of benzene rings is 2. The number of halogens is 3. The van der Waals surface area contributed by atoms with Crippen molar-refractivity contribution in [2.24, 2.45) is 0 Å². The predicted molar refractivity (Wildman–Crippen MR) is 145 cm³/mol. The summed E-state index contributed by atoms with van der Waals surface area (Å²) in [5.74, 6) is -4.55. The first-order chi connectivity index (χ1) is 19.6. The number of pyridine rings is 2. The minimum atomic E-state index is -1.09. The molecule has 9 nitrogen and oxygen atoms in total. The standard InChI is InChI=1S/C29H25F3N4O5/c1-4-26(37)35-25-13-19(9-11-33-25)41-24-15-20(31)22(14-21(24)32)36(18-7-5-17(30)6-8-18)29(39)27-23(40-16(2)3)10-12-34-28(27)38/h5-16H,4H2,1-3H3,(H,34,38)(H,33,35,37). The van der Waals surface area contributed by atoms with E-state index in [0.717, 1.165) is 23.1 Å². The molecule has 2 aromatic carbocycles. The van der Waals surface area contributed by atoms with Crippen LogP contribution in [0.3, 0.4) is 0 Å². The lowest BCUT2D eigenvalue weighted by atomic mass is 10.1. The van der Waals surface area contributed by atoms with E-state index in [0.29, 0.717) is 6.07 Å². The first-order valence-corrected chi connectivity index (χ1v) is 12.5. The molecule has 4 aromatic rings. The van der Waals surface area contributed by atoms with Gasteiger partial charge >= 0.3 is 0 Å². The molecule has 2 amide bonds. The molecule has 0 fully saturated rings. The number of nitrogens with zero attached hydrogens (tertiary/aromatic N) is 2. The van der Waals surface area contributed by atoms with Crippen LogP contribution >= 0.6 is 0 Å². The summed E-state index contributed by atoms with van der Waals surface area (Å²) in [7, 11) is 0. The number of rotatable bonds is 9. The number of carbonyl (C=O) groups is 2. The van der Waals surface area contributed by atoms with E-state index < -0.39 is 52.0 Å². The molecule has 0 saturated heterocycles. The van der Waals surface area contributed by atoms with Crippen molar-refractivity contribution >= 4 is 29.0 Å². The number of ether oxygens (including phenoxy) is 2. The fourth-order valence-corrected chi connectivity index (χ4v) is 3.75. The Hall–Kier alpha value is -5.13. The molecular formula is C29H25F3N4O5. The van der Waals surface area contributed by atoms with Crippen LogP contribution in [0.4, 0.5) is 30.4 Å². The minimum absolute atomic E-state index is 0.0486. The van der Waals surface area contributed by atoms with Crippen LogP contribution in [0.1, 0.15) is 37.6 Å². The van der Waals surface area contributed by atoms with E-state index in [2.05, 4.69) is 15.3 Å². The fourth-order valence-electron chi connectivity index (χ4n) is 3.75. The van der Waals surface area contributed by atoms with Crippen molar-refractivity contribution in [3.8, 4) is 17.2 Å². The van der Waals surface area contributed by atoms with Crippen LogP contribution in [-0.2, 0) is 4.79 Å². The molecule has 0 saturated carbocycles. The van der Waals surface area contributed by atoms with E-state index in [1.807, 2.05) is 0 Å². The van der Waals surface area contributed by atoms with Gasteiger partial charge in [-0.05, 0) is 50.2 Å². The van der Waals surface area contributed by atoms with Crippen LogP contribution < -0.4 is 25.2 Å².